The number of hydrogen-bond acceptors (Lipinski definition) is 3. The molecule has 0 spiro atoms. The van der Waals surface area contributed by atoms with E-state index in [1.54, 1.807) is 13.2 Å². The number of guanidine groups is 1. The molecule has 0 atom stereocenters. The molecule has 1 aliphatic rings. The summed E-state index contributed by atoms with van der Waals surface area (Å²) in [4.78, 5) is 6.79. The fourth-order valence-corrected chi connectivity index (χ4v) is 3.62. The Hall–Kier alpha value is -1.01. The van der Waals surface area contributed by atoms with E-state index in [-0.39, 0.29) is 0 Å². The molecule has 2 rings (SSSR count). The topological polar surface area (TPSA) is 48.9 Å². The SMILES string of the molecule is CN=C(NCCCc1ccc(Cl)cc1Cl)NC1CCN(CCOC)CC1. The molecule has 0 unspecified atom stereocenters. The van der Waals surface area contributed by atoms with Crippen LogP contribution in [0.15, 0.2) is 23.2 Å². The smallest absolute Gasteiger partial charge is 0.191 e. The van der Waals surface area contributed by atoms with Gasteiger partial charge in [-0.2, -0.15) is 0 Å². The van der Waals surface area contributed by atoms with Crippen molar-refractivity contribution < 1.29 is 4.74 Å². The van der Waals surface area contributed by atoms with E-state index in [1.165, 1.54) is 0 Å². The zero-order chi connectivity index (χ0) is 18.8. The van der Waals surface area contributed by atoms with Gasteiger partial charge in [0.2, 0.25) is 0 Å². The Morgan fingerprint density at radius 2 is 2.08 bits per heavy atom. The summed E-state index contributed by atoms with van der Waals surface area (Å²) in [6, 6.07) is 6.15. The van der Waals surface area contributed by atoms with Crippen molar-refractivity contribution in [2.45, 2.75) is 31.7 Å². The van der Waals surface area contributed by atoms with E-state index in [0.29, 0.717) is 11.1 Å². The highest BCUT2D eigenvalue weighted by Crippen LogP contribution is 2.21. The highest BCUT2D eigenvalue weighted by atomic mass is 35.5. The first kappa shape index (κ1) is 21.3. The van der Waals surface area contributed by atoms with Crippen LogP contribution in [0.1, 0.15) is 24.8 Å². The summed E-state index contributed by atoms with van der Waals surface area (Å²) in [5.74, 6) is 0.877. The average molecular weight is 401 g/mol. The first-order valence-electron chi connectivity index (χ1n) is 9.24. The van der Waals surface area contributed by atoms with Crippen LogP contribution in [0.4, 0.5) is 0 Å². The molecular weight excluding hydrogens is 371 g/mol. The number of aliphatic imine (C=N–C) groups is 1. The van der Waals surface area contributed by atoms with Crippen molar-refractivity contribution in [3.05, 3.63) is 33.8 Å². The molecule has 0 amide bonds. The largest absolute Gasteiger partial charge is 0.383 e. The zero-order valence-corrected chi connectivity index (χ0v) is 17.2. The molecule has 1 aromatic rings. The minimum atomic E-state index is 0.478. The van der Waals surface area contributed by atoms with E-state index >= 15 is 0 Å². The van der Waals surface area contributed by atoms with Crippen LogP contribution in [0, 0.1) is 0 Å². The normalized spacial score (nSPS) is 16.7. The average Bonchev–Trinajstić information content (AvgIpc) is 2.65. The molecule has 0 aromatic heterocycles. The molecule has 7 heteroatoms. The second-order valence-electron chi connectivity index (χ2n) is 6.59. The Kier molecular flexibility index (Phi) is 9.54. The summed E-state index contributed by atoms with van der Waals surface area (Å²) in [7, 11) is 3.57. The second kappa shape index (κ2) is 11.7. The number of methoxy groups -OCH3 is 1. The molecule has 1 fully saturated rings. The van der Waals surface area contributed by atoms with Gasteiger partial charge in [-0.1, -0.05) is 29.3 Å². The predicted octanol–water partition coefficient (Wildman–Crippen LogP) is 3.20. The van der Waals surface area contributed by atoms with Gasteiger partial charge in [-0.25, -0.2) is 0 Å². The van der Waals surface area contributed by atoms with Gasteiger partial charge in [0.1, 0.15) is 0 Å². The van der Waals surface area contributed by atoms with Crippen LogP contribution in [-0.4, -0.2) is 63.8 Å². The Balaban J connectivity index is 1.65. The quantitative estimate of drug-likeness (QED) is 0.399. The maximum Gasteiger partial charge on any atom is 0.191 e. The van der Waals surface area contributed by atoms with Crippen molar-refractivity contribution in [2.24, 2.45) is 4.99 Å². The zero-order valence-electron chi connectivity index (χ0n) is 15.7. The number of nitrogens with zero attached hydrogens (tertiary/aromatic N) is 2. The highest BCUT2D eigenvalue weighted by Gasteiger charge is 2.19. The maximum absolute atomic E-state index is 6.22. The van der Waals surface area contributed by atoms with E-state index in [9.17, 15) is 0 Å². The van der Waals surface area contributed by atoms with Gasteiger partial charge in [-0.05, 0) is 43.4 Å². The van der Waals surface area contributed by atoms with Crippen molar-refractivity contribution >= 4 is 29.2 Å². The van der Waals surface area contributed by atoms with Crippen molar-refractivity contribution in [1.82, 2.24) is 15.5 Å². The minimum Gasteiger partial charge on any atom is -0.383 e. The molecule has 1 saturated heterocycles. The van der Waals surface area contributed by atoms with Gasteiger partial charge in [0.15, 0.2) is 5.96 Å². The number of nitrogens with one attached hydrogen (secondary N) is 2. The summed E-state index contributed by atoms with van der Waals surface area (Å²) in [5, 5.41) is 8.35. The second-order valence-corrected chi connectivity index (χ2v) is 7.43. The number of halogens is 2. The Bertz CT molecular complexity index is 575. The summed E-state index contributed by atoms with van der Waals surface area (Å²) in [6.07, 6.45) is 4.16. The fraction of sp³-hybridized carbons (Fsp3) is 0.632. The van der Waals surface area contributed by atoms with Gasteiger partial charge in [-0.3, -0.25) is 4.99 Å². The molecular formula is C19H30Cl2N4O. The summed E-state index contributed by atoms with van der Waals surface area (Å²) < 4.78 is 5.15. The van der Waals surface area contributed by atoms with Crippen LogP contribution in [0.2, 0.25) is 10.0 Å². The van der Waals surface area contributed by atoms with Crippen LogP contribution >= 0.6 is 23.2 Å². The van der Waals surface area contributed by atoms with Crippen molar-refractivity contribution in [3.8, 4) is 0 Å². The van der Waals surface area contributed by atoms with E-state index < -0.39 is 0 Å². The fourth-order valence-electron chi connectivity index (χ4n) is 3.12. The number of rotatable bonds is 8. The lowest BCUT2D eigenvalue weighted by atomic mass is 10.1. The minimum absolute atomic E-state index is 0.478. The molecule has 0 bridgehead atoms. The monoisotopic (exact) mass is 400 g/mol. The van der Waals surface area contributed by atoms with Crippen LogP contribution in [0.3, 0.4) is 0 Å². The van der Waals surface area contributed by atoms with Gasteiger partial charge in [0, 0.05) is 56.4 Å². The number of aryl methyl sites for hydroxylation is 1. The summed E-state index contributed by atoms with van der Waals surface area (Å²) >= 11 is 12.2. The molecule has 2 N–H and O–H groups in total. The van der Waals surface area contributed by atoms with E-state index in [1.807, 2.05) is 19.2 Å². The summed E-state index contributed by atoms with van der Waals surface area (Å²) in [6.45, 7) is 4.88. The standard InChI is InChI=1S/C19H30Cl2N4O/c1-22-19(24-17-7-10-25(11-8-17)12-13-26-2)23-9-3-4-15-5-6-16(20)14-18(15)21/h5-6,14,17H,3-4,7-13H2,1-2H3,(H2,22,23,24). The van der Waals surface area contributed by atoms with Gasteiger partial charge in [0.05, 0.1) is 6.61 Å². The molecule has 1 aromatic carbocycles. The lowest BCUT2D eigenvalue weighted by molar-refractivity contribution is 0.128. The molecule has 1 heterocycles. The lowest BCUT2D eigenvalue weighted by Gasteiger charge is -2.32. The first-order chi connectivity index (χ1) is 12.6. The molecule has 26 heavy (non-hydrogen) atoms. The number of piperidine rings is 1. The van der Waals surface area contributed by atoms with Gasteiger partial charge in [-0.15, -0.1) is 0 Å². The number of benzene rings is 1. The van der Waals surface area contributed by atoms with E-state index in [2.05, 4.69) is 20.5 Å². The maximum atomic E-state index is 6.22. The molecule has 0 radical (unpaired) electrons. The number of likely N-dealkylation sites (tertiary alicyclic amines) is 1. The molecule has 0 aliphatic carbocycles. The highest BCUT2D eigenvalue weighted by molar-refractivity contribution is 6.35. The van der Waals surface area contributed by atoms with Crippen LogP contribution < -0.4 is 10.6 Å². The van der Waals surface area contributed by atoms with Gasteiger partial charge in [0.25, 0.3) is 0 Å². The van der Waals surface area contributed by atoms with E-state index in [4.69, 9.17) is 27.9 Å². The third-order valence-electron chi connectivity index (χ3n) is 4.69. The number of hydrogen-bond donors (Lipinski definition) is 2. The van der Waals surface area contributed by atoms with Crippen molar-refractivity contribution in [2.75, 3.05) is 46.9 Å². The first-order valence-corrected chi connectivity index (χ1v) is 10.0. The molecule has 0 saturated carbocycles. The Morgan fingerprint density at radius 1 is 1.31 bits per heavy atom. The van der Waals surface area contributed by atoms with Crippen LogP contribution in [0.5, 0.6) is 0 Å². The van der Waals surface area contributed by atoms with Gasteiger partial charge < -0.3 is 20.3 Å². The Morgan fingerprint density at radius 3 is 2.73 bits per heavy atom. The lowest BCUT2D eigenvalue weighted by Crippen LogP contribution is -2.49. The van der Waals surface area contributed by atoms with Crippen LogP contribution in [0.25, 0.3) is 0 Å². The molecule has 5 nitrogen and oxygen atoms in total. The molecule has 146 valence electrons. The van der Waals surface area contributed by atoms with E-state index in [0.717, 1.165) is 75.0 Å². The van der Waals surface area contributed by atoms with Crippen molar-refractivity contribution in [3.63, 3.8) is 0 Å². The Labute approximate surface area is 167 Å². The third kappa shape index (κ3) is 7.31. The predicted molar refractivity (Wildman–Crippen MR) is 111 cm³/mol. The van der Waals surface area contributed by atoms with Gasteiger partial charge >= 0.3 is 0 Å². The third-order valence-corrected chi connectivity index (χ3v) is 5.28. The van der Waals surface area contributed by atoms with Crippen molar-refractivity contribution in [1.29, 1.82) is 0 Å². The molecule has 1 aliphatic heterocycles. The van der Waals surface area contributed by atoms with Crippen LogP contribution in [-0.2, 0) is 11.2 Å². The number of ether oxygens (including phenoxy) is 1. The summed E-state index contributed by atoms with van der Waals surface area (Å²) in [5.41, 5.74) is 1.13.